The molecule has 0 aliphatic carbocycles. The first-order valence-corrected chi connectivity index (χ1v) is 8.29. The monoisotopic (exact) mass is 326 g/mol. The number of rotatable bonds is 5. The summed E-state index contributed by atoms with van der Waals surface area (Å²) in [5.41, 5.74) is 3.18. The molecule has 0 aliphatic rings. The second-order valence-corrected chi connectivity index (χ2v) is 6.43. The van der Waals surface area contributed by atoms with Crippen molar-refractivity contribution in [3.8, 4) is 5.75 Å². The molecule has 0 saturated heterocycles. The molecule has 3 aromatic rings. The van der Waals surface area contributed by atoms with E-state index >= 15 is 0 Å². The minimum absolute atomic E-state index is 0.0891. The van der Waals surface area contributed by atoms with E-state index < -0.39 is 0 Å². The molecule has 4 nitrogen and oxygen atoms in total. The molecule has 0 aliphatic heterocycles. The van der Waals surface area contributed by atoms with Crippen molar-refractivity contribution in [2.24, 2.45) is 0 Å². The lowest BCUT2D eigenvalue weighted by Gasteiger charge is -2.09. The van der Waals surface area contributed by atoms with Gasteiger partial charge in [0, 0.05) is 0 Å². The summed E-state index contributed by atoms with van der Waals surface area (Å²) in [7, 11) is 0. The zero-order valence-corrected chi connectivity index (χ0v) is 13.9. The zero-order valence-electron chi connectivity index (χ0n) is 13.1. The first kappa shape index (κ1) is 15.5. The van der Waals surface area contributed by atoms with Crippen LogP contribution < -0.4 is 10.1 Å². The highest BCUT2D eigenvalue weighted by atomic mass is 32.1. The summed E-state index contributed by atoms with van der Waals surface area (Å²) < 4.78 is 6.75. The SMILES string of the molecule is Cc1ccc(OCCC(=O)Nc2nc3ccccc3s2)c(C)c1. The lowest BCUT2D eigenvalue weighted by atomic mass is 10.1. The van der Waals surface area contributed by atoms with Gasteiger partial charge in [-0.1, -0.05) is 41.2 Å². The first-order chi connectivity index (χ1) is 11.1. The van der Waals surface area contributed by atoms with E-state index in [2.05, 4.69) is 16.4 Å². The van der Waals surface area contributed by atoms with Crippen molar-refractivity contribution in [3.63, 3.8) is 0 Å². The van der Waals surface area contributed by atoms with Crippen LogP contribution in [0, 0.1) is 13.8 Å². The quantitative estimate of drug-likeness (QED) is 0.759. The number of thiazole rings is 1. The summed E-state index contributed by atoms with van der Waals surface area (Å²) in [6.45, 7) is 4.40. The number of aromatic nitrogens is 1. The van der Waals surface area contributed by atoms with Crippen LogP contribution in [0.3, 0.4) is 0 Å². The van der Waals surface area contributed by atoms with E-state index in [0.29, 0.717) is 18.2 Å². The van der Waals surface area contributed by atoms with Crippen LogP contribution in [0.15, 0.2) is 42.5 Å². The Morgan fingerprint density at radius 3 is 2.83 bits per heavy atom. The van der Waals surface area contributed by atoms with Crippen LogP contribution in [0.4, 0.5) is 5.13 Å². The van der Waals surface area contributed by atoms with Crippen molar-refractivity contribution in [1.82, 2.24) is 4.98 Å². The molecule has 5 heteroatoms. The molecule has 0 spiro atoms. The first-order valence-electron chi connectivity index (χ1n) is 7.47. The molecule has 1 N–H and O–H groups in total. The number of anilines is 1. The number of amides is 1. The molecule has 0 fully saturated rings. The fourth-order valence-corrected chi connectivity index (χ4v) is 3.20. The molecule has 23 heavy (non-hydrogen) atoms. The average Bonchev–Trinajstić information content (AvgIpc) is 2.91. The van der Waals surface area contributed by atoms with Gasteiger partial charge in [0.1, 0.15) is 5.75 Å². The Bertz CT molecular complexity index is 809. The van der Waals surface area contributed by atoms with Crippen molar-refractivity contribution < 1.29 is 9.53 Å². The molecule has 118 valence electrons. The van der Waals surface area contributed by atoms with Crippen molar-refractivity contribution in [3.05, 3.63) is 53.6 Å². The Morgan fingerprint density at radius 1 is 1.22 bits per heavy atom. The van der Waals surface area contributed by atoms with Crippen molar-refractivity contribution in [2.45, 2.75) is 20.3 Å². The van der Waals surface area contributed by atoms with Gasteiger partial charge in [0.15, 0.2) is 5.13 Å². The van der Waals surface area contributed by atoms with Crippen LogP contribution in [0.25, 0.3) is 10.2 Å². The molecular formula is C18H18N2O2S. The Kier molecular flexibility index (Phi) is 4.57. The topological polar surface area (TPSA) is 51.2 Å². The summed E-state index contributed by atoms with van der Waals surface area (Å²) in [5, 5.41) is 3.46. The number of carbonyl (C=O) groups is 1. The van der Waals surface area contributed by atoms with Gasteiger partial charge >= 0.3 is 0 Å². The predicted molar refractivity (Wildman–Crippen MR) is 94.3 cm³/mol. The predicted octanol–water partition coefficient (Wildman–Crippen LogP) is 4.32. The fourth-order valence-electron chi connectivity index (χ4n) is 2.32. The highest BCUT2D eigenvalue weighted by Gasteiger charge is 2.08. The molecule has 1 amide bonds. The largest absolute Gasteiger partial charge is 0.493 e. The third kappa shape index (κ3) is 3.87. The normalized spacial score (nSPS) is 10.7. The molecule has 0 atom stereocenters. The van der Waals surface area contributed by atoms with E-state index in [1.54, 1.807) is 0 Å². The number of para-hydroxylation sites is 1. The number of nitrogens with zero attached hydrogens (tertiary/aromatic N) is 1. The van der Waals surface area contributed by atoms with E-state index in [0.717, 1.165) is 21.5 Å². The molecule has 1 aromatic heterocycles. The van der Waals surface area contributed by atoms with Gasteiger partial charge in [0.05, 0.1) is 23.2 Å². The van der Waals surface area contributed by atoms with Crippen LogP contribution >= 0.6 is 11.3 Å². The van der Waals surface area contributed by atoms with Gasteiger partial charge in [0.25, 0.3) is 0 Å². The molecule has 2 aromatic carbocycles. The minimum Gasteiger partial charge on any atom is -0.493 e. The van der Waals surface area contributed by atoms with Crippen LogP contribution in [0.1, 0.15) is 17.5 Å². The highest BCUT2D eigenvalue weighted by Crippen LogP contribution is 2.25. The number of benzene rings is 2. The highest BCUT2D eigenvalue weighted by molar-refractivity contribution is 7.22. The maximum absolute atomic E-state index is 12.0. The van der Waals surface area contributed by atoms with E-state index in [1.807, 2.05) is 50.2 Å². The number of aryl methyl sites for hydroxylation is 2. The second-order valence-electron chi connectivity index (χ2n) is 5.40. The van der Waals surface area contributed by atoms with Crippen molar-refractivity contribution in [2.75, 3.05) is 11.9 Å². The van der Waals surface area contributed by atoms with Crippen LogP contribution in [-0.4, -0.2) is 17.5 Å². The molecule has 0 bridgehead atoms. The summed E-state index contributed by atoms with van der Waals surface area (Å²) in [6.07, 6.45) is 0.295. The number of hydrogen-bond acceptors (Lipinski definition) is 4. The Hall–Kier alpha value is -2.40. The lowest BCUT2D eigenvalue weighted by molar-refractivity contribution is -0.116. The van der Waals surface area contributed by atoms with Crippen molar-refractivity contribution in [1.29, 1.82) is 0 Å². The summed E-state index contributed by atoms with van der Waals surface area (Å²) >= 11 is 1.48. The third-order valence-corrected chi connectivity index (χ3v) is 4.41. The van der Waals surface area contributed by atoms with Crippen LogP contribution in [0.2, 0.25) is 0 Å². The Labute approximate surface area is 139 Å². The van der Waals surface area contributed by atoms with Gasteiger partial charge in [-0.3, -0.25) is 4.79 Å². The standard InChI is InChI=1S/C18H18N2O2S/c1-12-7-8-15(13(2)11-12)22-10-9-17(21)20-18-19-14-5-3-4-6-16(14)23-18/h3-8,11H,9-10H2,1-2H3,(H,19,20,21). The van der Waals surface area contributed by atoms with Gasteiger partial charge in [0.2, 0.25) is 5.91 Å². The van der Waals surface area contributed by atoms with Gasteiger partial charge in [-0.25, -0.2) is 4.98 Å². The number of fused-ring (bicyclic) bond motifs is 1. The number of ether oxygens (including phenoxy) is 1. The van der Waals surface area contributed by atoms with Crippen LogP contribution in [-0.2, 0) is 4.79 Å². The Morgan fingerprint density at radius 2 is 2.04 bits per heavy atom. The summed E-state index contributed by atoms with van der Waals surface area (Å²) in [5.74, 6) is 0.734. The summed E-state index contributed by atoms with van der Waals surface area (Å²) in [6, 6.07) is 13.8. The zero-order chi connectivity index (χ0) is 16.2. The van der Waals surface area contributed by atoms with Gasteiger partial charge < -0.3 is 10.1 Å². The lowest BCUT2D eigenvalue weighted by Crippen LogP contribution is -2.15. The fraction of sp³-hybridized carbons (Fsp3) is 0.222. The maximum atomic E-state index is 12.0. The molecule has 0 saturated carbocycles. The van der Waals surface area contributed by atoms with E-state index in [9.17, 15) is 4.79 Å². The number of hydrogen-bond donors (Lipinski definition) is 1. The minimum atomic E-state index is -0.0891. The van der Waals surface area contributed by atoms with E-state index in [-0.39, 0.29) is 5.91 Å². The smallest absolute Gasteiger partial charge is 0.229 e. The molecule has 3 rings (SSSR count). The summed E-state index contributed by atoms with van der Waals surface area (Å²) in [4.78, 5) is 16.4. The van der Waals surface area contributed by atoms with Crippen molar-refractivity contribution >= 4 is 32.6 Å². The number of carbonyl (C=O) groups excluding carboxylic acids is 1. The number of nitrogens with one attached hydrogen (secondary N) is 1. The third-order valence-electron chi connectivity index (χ3n) is 3.46. The second kappa shape index (κ2) is 6.79. The van der Waals surface area contributed by atoms with Gasteiger partial charge in [-0.05, 0) is 37.6 Å². The Balaban J connectivity index is 1.53. The molecule has 0 radical (unpaired) electrons. The average molecular weight is 326 g/mol. The van der Waals surface area contributed by atoms with Gasteiger partial charge in [-0.2, -0.15) is 0 Å². The maximum Gasteiger partial charge on any atom is 0.229 e. The van der Waals surface area contributed by atoms with Gasteiger partial charge in [-0.15, -0.1) is 0 Å². The molecular weight excluding hydrogens is 308 g/mol. The molecule has 0 unspecified atom stereocenters. The molecule has 1 heterocycles. The van der Waals surface area contributed by atoms with E-state index in [4.69, 9.17) is 4.74 Å². The van der Waals surface area contributed by atoms with E-state index in [1.165, 1.54) is 16.9 Å². The van der Waals surface area contributed by atoms with Crippen LogP contribution in [0.5, 0.6) is 5.75 Å².